The van der Waals surface area contributed by atoms with E-state index in [1.807, 2.05) is 0 Å². The van der Waals surface area contributed by atoms with Crippen molar-refractivity contribution in [1.82, 2.24) is 0 Å². The molecule has 0 spiro atoms. The van der Waals surface area contributed by atoms with Gasteiger partial charge in [-0.1, -0.05) is 12.7 Å². The summed E-state index contributed by atoms with van der Waals surface area (Å²) in [5, 5.41) is 0. The summed E-state index contributed by atoms with van der Waals surface area (Å²) in [5.41, 5.74) is 5.98. The van der Waals surface area contributed by atoms with Crippen LogP contribution in [0.4, 0.5) is 0 Å². The first-order valence-corrected chi connectivity index (χ1v) is 2.33. The lowest BCUT2D eigenvalue weighted by atomic mass is 10.4. The van der Waals surface area contributed by atoms with Gasteiger partial charge in [0.05, 0.1) is 5.70 Å². The highest BCUT2D eigenvalue weighted by Gasteiger charge is 1.80. The fourth-order valence-electron chi connectivity index (χ4n) is 0.321. The second-order valence-corrected chi connectivity index (χ2v) is 1.26. The summed E-state index contributed by atoms with van der Waals surface area (Å²) in [5.74, 6) is 0. The lowest BCUT2D eigenvalue weighted by Gasteiger charge is -1.88. The van der Waals surface area contributed by atoms with Crippen molar-refractivity contribution in [2.75, 3.05) is 6.54 Å². The molecule has 0 atom stereocenters. The van der Waals surface area contributed by atoms with Crippen LogP contribution < -0.4 is 5.73 Å². The maximum Gasteiger partial charge on any atom is 0.0532 e. The van der Waals surface area contributed by atoms with Crippen molar-refractivity contribution in [3.05, 3.63) is 24.4 Å². The second-order valence-electron chi connectivity index (χ2n) is 1.26. The monoisotopic (exact) mass is 110 g/mol. The average molecular weight is 110 g/mol. The SMILES string of the molecule is C=C/C=C(/CN)N=C. The Morgan fingerprint density at radius 1 is 1.75 bits per heavy atom. The number of nitrogens with zero attached hydrogens (tertiary/aromatic N) is 1. The molecule has 0 saturated carbocycles. The topological polar surface area (TPSA) is 38.4 Å². The Kier molecular flexibility index (Phi) is 3.80. The number of nitrogens with two attached hydrogens (primary N) is 1. The normalized spacial score (nSPS) is 10.9. The first-order chi connectivity index (χ1) is 3.85. The number of hydrogen-bond acceptors (Lipinski definition) is 2. The van der Waals surface area contributed by atoms with Crippen LogP contribution in [-0.4, -0.2) is 13.3 Å². The third-order valence-corrected chi connectivity index (χ3v) is 0.722. The molecule has 0 amide bonds. The minimum Gasteiger partial charge on any atom is -0.325 e. The minimum absolute atomic E-state index is 0.426. The van der Waals surface area contributed by atoms with Gasteiger partial charge in [-0.2, -0.15) is 0 Å². The summed E-state index contributed by atoms with van der Waals surface area (Å²) in [6.45, 7) is 7.21. The van der Waals surface area contributed by atoms with Gasteiger partial charge in [-0.3, -0.25) is 4.99 Å². The predicted molar refractivity (Wildman–Crippen MR) is 36.9 cm³/mol. The Morgan fingerprint density at radius 3 is 2.50 bits per heavy atom. The molecule has 2 nitrogen and oxygen atoms in total. The lowest BCUT2D eigenvalue weighted by Crippen LogP contribution is -1.99. The van der Waals surface area contributed by atoms with Gasteiger partial charge >= 0.3 is 0 Å². The van der Waals surface area contributed by atoms with Crippen molar-refractivity contribution in [2.45, 2.75) is 0 Å². The fourth-order valence-corrected chi connectivity index (χ4v) is 0.321. The molecule has 2 heteroatoms. The van der Waals surface area contributed by atoms with E-state index < -0.39 is 0 Å². The molecule has 0 saturated heterocycles. The Morgan fingerprint density at radius 2 is 2.38 bits per heavy atom. The van der Waals surface area contributed by atoms with E-state index in [-0.39, 0.29) is 0 Å². The summed E-state index contributed by atoms with van der Waals surface area (Å²) in [6.07, 6.45) is 3.36. The zero-order valence-corrected chi connectivity index (χ0v) is 4.80. The van der Waals surface area contributed by atoms with E-state index in [1.165, 1.54) is 0 Å². The summed E-state index contributed by atoms with van der Waals surface area (Å²) in [6, 6.07) is 0. The first-order valence-electron chi connectivity index (χ1n) is 2.33. The van der Waals surface area contributed by atoms with E-state index in [0.29, 0.717) is 6.54 Å². The molecule has 0 heterocycles. The fraction of sp³-hybridized carbons (Fsp3) is 0.167. The highest BCUT2D eigenvalue weighted by molar-refractivity contribution is 5.30. The smallest absolute Gasteiger partial charge is 0.0532 e. The Bertz CT molecular complexity index is 114. The summed E-state index contributed by atoms with van der Waals surface area (Å²) >= 11 is 0. The highest BCUT2D eigenvalue weighted by Crippen LogP contribution is 1.89. The van der Waals surface area contributed by atoms with Gasteiger partial charge in [-0.15, -0.1) is 0 Å². The van der Waals surface area contributed by atoms with Crippen molar-refractivity contribution in [3.8, 4) is 0 Å². The van der Waals surface area contributed by atoms with Crippen molar-refractivity contribution in [2.24, 2.45) is 10.7 Å². The molecule has 0 aliphatic heterocycles. The van der Waals surface area contributed by atoms with Crippen LogP contribution in [0.2, 0.25) is 0 Å². The van der Waals surface area contributed by atoms with Gasteiger partial charge in [0, 0.05) is 6.54 Å². The van der Waals surface area contributed by atoms with Crippen LogP contribution >= 0.6 is 0 Å². The van der Waals surface area contributed by atoms with Gasteiger partial charge in [-0.05, 0) is 12.8 Å². The van der Waals surface area contributed by atoms with Gasteiger partial charge in [0.15, 0.2) is 0 Å². The van der Waals surface area contributed by atoms with Crippen molar-refractivity contribution in [1.29, 1.82) is 0 Å². The van der Waals surface area contributed by atoms with Crippen LogP contribution in [0, 0.1) is 0 Å². The summed E-state index contributed by atoms with van der Waals surface area (Å²) < 4.78 is 0. The third-order valence-electron chi connectivity index (χ3n) is 0.722. The summed E-state index contributed by atoms with van der Waals surface area (Å²) in [7, 11) is 0. The minimum atomic E-state index is 0.426. The maximum absolute atomic E-state index is 5.22. The molecule has 0 rings (SSSR count). The average Bonchev–Trinajstić information content (AvgIpc) is 1.83. The van der Waals surface area contributed by atoms with Crippen LogP contribution in [0.25, 0.3) is 0 Å². The molecular formula is C6H10N2. The maximum atomic E-state index is 5.22. The van der Waals surface area contributed by atoms with Gasteiger partial charge in [0.1, 0.15) is 0 Å². The molecule has 0 aromatic carbocycles. The molecule has 0 radical (unpaired) electrons. The van der Waals surface area contributed by atoms with Gasteiger partial charge in [-0.25, -0.2) is 0 Å². The van der Waals surface area contributed by atoms with Crippen molar-refractivity contribution < 1.29 is 0 Å². The van der Waals surface area contributed by atoms with E-state index in [2.05, 4.69) is 18.3 Å². The molecule has 0 aromatic heterocycles. The van der Waals surface area contributed by atoms with E-state index in [4.69, 9.17) is 5.73 Å². The molecule has 0 aliphatic rings. The van der Waals surface area contributed by atoms with E-state index in [0.717, 1.165) is 5.70 Å². The molecule has 2 N–H and O–H groups in total. The first kappa shape index (κ1) is 7.11. The molecule has 0 unspecified atom stereocenters. The molecule has 0 fully saturated rings. The third kappa shape index (κ3) is 2.31. The Balaban J connectivity index is 3.84. The van der Waals surface area contributed by atoms with E-state index in [9.17, 15) is 0 Å². The molecule has 0 bridgehead atoms. The number of hydrogen-bond donors (Lipinski definition) is 1. The molecular weight excluding hydrogens is 100 g/mol. The highest BCUT2D eigenvalue weighted by atomic mass is 14.7. The number of rotatable bonds is 3. The van der Waals surface area contributed by atoms with Gasteiger partial charge in [0.2, 0.25) is 0 Å². The lowest BCUT2D eigenvalue weighted by molar-refractivity contribution is 1.11. The molecule has 0 aliphatic carbocycles. The van der Waals surface area contributed by atoms with Crippen molar-refractivity contribution >= 4 is 6.72 Å². The quantitative estimate of drug-likeness (QED) is 0.422. The molecule has 44 valence electrons. The Hall–Kier alpha value is -0.890. The van der Waals surface area contributed by atoms with Crippen LogP contribution in [-0.2, 0) is 0 Å². The summed E-state index contributed by atoms with van der Waals surface area (Å²) in [4.78, 5) is 3.61. The van der Waals surface area contributed by atoms with Crippen LogP contribution in [0.3, 0.4) is 0 Å². The van der Waals surface area contributed by atoms with Crippen molar-refractivity contribution in [3.63, 3.8) is 0 Å². The van der Waals surface area contributed by atoms with Gasteiger partial charge in [0.25, 0.3) is 0 Å². The van der Waals surface area contributed by atoms with Crippen LogP contribution in [0.15, 0.2) is 29.4 Å². The van der Waals surface area contributed by atoms with Crippen LogP contribution in [0.5, 0.6) is 0 Å². The second kappa shape index (κ2) is 4.27. The standard InChI is InChI=1S/C6H10N2/c1-3-4-6(5-7)8-2/h3-4H,1-2,5,7H2/b6-4-. The van der Waals surface area contributed by atoms with Gasteiger partial charge < -0.3 is 5.73 Å². The largest absolute Gasteiger partial charge is 0.325 e. The Labute approximate surface area is 49.4 Å². The number of allylic oxidation sites excluding steroid dienone is 2. The number of aliphatic imine (C=N–C) groups is 1. The zero-order chi connectivity index (χ0) is 6.41. The molecule has 8 heavy (non-hydrogen) atoms. The predicted octanol–water partition coefficient (Wildman–Crippen LogP) is 0.716. The van der Waals surface area contributed by atoms with Crippen LogP contribution in [0.1, 0.15) is 0 Å². The van der Waals surface area contributed by atoms with E-state index in [1.54, 1.807) is 12.2 Å². The van der Waals surface area contributed by atoms with E-state index >= 15 is 0 Å². The molecule has 0 aromatic rings. The zero-order valence-electron chi connectivity index (χ0n) is 4.80.